The van der Waals surface area contributed by atoms with Crippen LogP contribution in [0.2, 0.25) is 0 Å². The predicted octanol–water partition coefficient (Wildman–Crippen LogP) is 2.26. The Balaban J connectivity index is 2.59. The van der Waals surface area contributed by atoms with E-state index in [-0.39, 0.29) is 18.2 Å². The molecular formula is C10H19NO2. The minimum Gasteiger partial charge on any atom is -0.447 e. The fourth-order valence-electron chi connectivity index (χ4n) is 1.83. The highest BCUT2D eigenvalue weighted by molar-refractivity contribution is 5.70. The molecule has 0 radical (unpaired) electrons. The van der Waals surface area contributed by atoms with E-state index in [0.717, 1.165) is 6.42 Å². The maximum Gasteiger partial charge on any atom is 0.410 e. The molecule has 1 aliphatic rings. The second-order valence-corrected chi connectivity index (χ2v) is 4.36. The molecule has 1 amide bonds. The predicted molar refractivity (Wildman–Crippen MR) is 51.6 cm³/mol. The Morgan fingerprint density at radius 3 is 2.54 bits per heavy atom. The quantitative estimate of drug-likeness (QED) is 0.675. The Bertz CT molecular complexity index is 189. The van der Waals surface area contributed by atoms with Crippen LogP contribution in [0.15, 0.2) is 0 Å². The van der Waals surface area contributed by atoms with E-state index < -0.39 is 0 Å². The summed E-state index contributed by atoms with van der Waals surface area (Å²) in [7, 11) is 0. The van der Waals surface area contributed by atoms with Crippen molar-refractivity contribution >= 4 is 6.09 Å². The van der Waals surface area contributed by atoms with Crippen LogP contribution in [0.25, 0.3) is 0 Å². The molecule has 1 heterocycles. The summed E-state index contributed by atoms with van der Waals surface area (Å²) >= 11 is 0. The molecule has 0 saturated carbocycles. The summed E-state index contributed by atoms with van der Waals surface area (Å²) in [6, 6.07) is 0.534. The molecule has 0 spiro atoms. The zero-order valence-corrected chi connectivity index (χ0v) is 8.91. The molecule has 1 fully saturated rings. The largest absolute Gasteiger partial charge is 0.447 e. The lowest BCUT2D eigenvalue weighted by Gasteiger charge is -2.26. The van der Waals surface area contributed by atoms with E-state index in [0.29, 0.717) is 12.5 Å². The normalized spacial score (nSPS) is 23.1. The molecule has 0 aromatic carbocycles. The number of amides is 1. The highest BCUT2D eigenvalue weighted by Crippen LogP contribution is 2.21. The van der Waals surface area contributed by atoms with Crippen molar-refractivity contribution in [1.29, 1.82) is 0 Å². The Morgan fingerprint density at radius 2 is 2.08 bits per heavy atom. The van der Waals surface area contributed by atoms with E-state index in [1.807, 2.05) is 18.7 Å². The van der Waals surface area contributed by atoms with Crippen LogP contribution in [0, 0.1) is 5.92 Å². The Kier molecular flexibility index (Phi) is 3.17. The van der Waals surface area contributed by atoms with E-state index >= 15 is 0 Å². The monoisotopic (exact) mass is 185 g/mol. The van der Waals surface area contributed by atoms with Gasteiger partial charge in [-0.2, -0.15) is 0 Å². The maximum absolute atomic E-state index is 11.3. The summed E-state index contributed by atoms with van der Waals surface area (Å²) in [4.78, 5) is 13.2. The van der Waals surface area contributed by atoms with Crippen molar-refractivity contribution in [1.82, 2.24) is 4.90 Å². The van der Waals surface area contributed by atoms with Gasteiger partial charge < -0.3 is 4.74 Å². The summed E-state index contributed by atoms with van der Waals surface area (Å²) in [5.74, 6) is 0.612. The number of cyclic esters (lactones) is 1. The molecule has 0 aromatic rings. The van der Waals surface area contributed by atoms with E-state index in [1.54, 1.807) is 0 Å². The van der Waals surface area contributed by atoms with Gasteiger partial charge in [-0.3, -0.25) is 4.90 Å². The molecular weight excluding hydrogens is 166 g/mol. The molecule has 3 nitrogen and oxygen atoms in total. The number of nitrogens with zero attached hydrogens (tertiary/aromatic N) is 1. The first-order valence-electron chi connectivity index (χ1n) is 4.97. The summed E-state index contributed by atoms with van der Waals surface area (Å²) in [6.07, 6.45) is 0.879. The minimum absolute atomic E-state index is 0.152. The molecule has 0 bridgehead atoms. The topological polar surface area (TPSA) is 29.5 Å². The third-order valence-electron chi connectivity index (χ3n) is 2.30. The Morgan fingerprint density at radius 1 is 1.46 bits per heavy atom. The SMILES string of the molecule is CC(C)C[C@H]1COC(=O)N1C(C)C. The van der Waals surface area contributed by atoms with Crippen molar-refractivity contribution in [2.75, 3.05) is 6.61 Å². The number of hydrogen-bond acceptors (Lipinski definition) is 2. The van der Waals surface area contributed by atoms with Crippen LogP contribution in [0.5, 0.6) is 0 Å². The van der Waals surface area contributed by atoms with E-state index in [9.17, 15) is 4.79 Å². The summed E-state index contributed by atoms with van der Waals surface area (Å²) in [5, 5.41) is 0. The first-order valence-corrected chi connectivity index (χ1v) is 4.97. The molecule has 1 rings (SSSR count). The fourth-order valence-corrected chi connectivity index (χ4v) is 1.83. The van der Waals surface area contributed by atoms with Crippen molar-refractivity contribution in [2.24, 2.45) is 5.92 Å². The summed E-state index contributed by atoms with van der Waals surface area (Å²) in [5.41, 5.74) is 0. The molecule has 3 heteroatoms. The van der Waals surface area contributed by atoms with Gasteiger partial charge in [-0.15, -0.1) is 0 Å². The van der Waals surface area contributed by atoms with Crippen molar-refractivity contribution in [3.63, 3.8) is 0 Å². The van der Waals surface area contributed by atoms with Gasteiger partial charge in [0, 0.05) is 6.04 Å². The van der Waals surface area contributed by atoms with Crippen LogP contribution in [0.3, 0.4) is 0 Å². The lowest BCUT2D eigenvalue weighted by molar-refractivity contribution is 0.148. The first kappa shape index (κ1) is 10.4. The van der Waals surface area contributed by atoms with Gasteiger partial charge in [0.25, 0.3) is 0 Å². The van der Waals surface area contributed by atoms with Crippen LogP contribution < -0.4 is 0 Å². The molecule has 13 heavy (non-hydrogen) atoms. The number of hydrogen-bond donors (Lipinski definition) is 0. The number of carbonyl (C=O) groups excluding carboxylic acids is 1. The summed E-state index contributed by atoms with van der Waals surface area (Å²) < 4.78 is 5.03. The molecule has 0 aromatic heterocycles. The van der Waals surface area contributed by atoms with Gasteiger partial charge >= 0.3 is 6.09 Å². The second-order valence-electron chi connectivity index (χ2n) is 4.36. The number of rotatable bonds is 3. The average molecular weight is 185 g/mol. The smallest absolute Gasteiger partial charge is 0.410 e. The van der Waals surface area contributed by atoms with Crippen LogP contribution in [-0.2, 0) is 4.74 Å². The van der Waals surface area contributed by atoms with Gasteiger partial charge in [-0.1, -0.05) is 13.8 Å². The molecule has 0 aliphatic carbocycles. The van der Waals surface area contributed by atoms with Gasteiger partial charge in [0.2, 0.25) is 0 Å². The molecule has 1 saturated heterocycles. The lowest BCUT2D eigenvalue weighted by Crippen LogP contribution is -2.39. The van der Waals surface area contributed by atoms with Crippen molar-refractivity contribution in [3.8, 4) is 0 Å². The highest BCUT2D eigenvalue weighted by atomic mass is 16.6. The average Bonchev–Trinajstić information content (AvgIpc) is 2.30. The third-order valence-corrected chi connectivity index (χ3v) is 2.30. The zero-order valence-electron chi connectivity index (χ0n) is 8.91. The van der Waals surface area contributed by atoms with Crippen molar-refractivity contribution in [3.05, 3.63) is 0 Å². The minimum atomic E-state index is -0.152. The standard InChI is InChI=1S/C10H19NO2/c1-7(2)5-9-6-13-10(12)11(9)8(3)4/h7-9H,5-6H2,1-4H3/t9-/m0/s1. The Hall–Kier alpha value is -0.730. The van der Waals surface area contributed by atoms with Gasteiger partial charge in [0.1, 0.15) is 6.61 Å². The van der Waals surface area contributed by atoms with E-state index in [4.69, 9.17) is 4.74 Å². The van der Waals surface area contributed by atoms with Crippen LogP contribution in [0.1, 0.15) is 34.1 Å². The van der Waals surface area contributed by atoms with E-state index in [1.165, 1.54) is 0 Å². The van der Waals surface area contributed by atoms with Crippen LogP contribution >= 0.6 is 0 Å². The van der Waals surface area contributed by atoms with E-state index in [2.05, 4.69) is 13.8 Å². The Labute approximate surface area is 80.1 Å². The van der Waals surface area contributed by atoms with Gasteiger partial charge in [0.05, 0.1) is 6.04 Å². The molecule has 0 unspecified atom stereocenters. The van der Waals surface area contributed by atoms with Crippen LogP contribution in [0.4, 0.5) is 4.79 Å². The van der Waals surface area contributed by atoms with Gasteiger partial charge in [0.15, 0.2) is 0 Å². The lowest BCUT2D eigenvalue weighted by atomic mass is 10.0. The number of ether oxygens (including phenoxy) is 1. The van der Waals surface area contributed by atoms with Gasteiger partial charge in [-0.25, -0.2) is 4.79 Å². The van der Waals surface area contributed by atoms with Crippen molar-refractivity contribution in [2.45, 2.75) is 46.2 Å². The van der Waals surface area contributed by atoms with Crippen molar-refractivity contribution < 1.29 is 9.53 Å². The second kappa shape index (κ2) is 3.99. The molecule has 1 aliphatic heterocycles. The molecule has 1 atom stereocenters. The third kappa shape index (κ3) is 2.36. The first-order chi connectivity index (χ1) is 6.02. The molecule has 76 valence electrons. The van der Waals surface area contributed by atoms with Crippen LogP contribution in [-0.4, -0.2) is 29.7 Å². The van der Waals surface area contributed by atoms with Gasteiger partial charge in [-0.05, 0) is 26.2 Å². The zero-order chi connectivity index (χ0) is 10.0. The summed E-state index contributed by atoms with van der Waals surface area (Å²) in [6.45, 7) is 8.96. The number of carbonyl (C=O) groups is 1. The molecule has 0 N–H and O–H groups in total. The maximum atomic E-state index is 11.3. The fraction of sp³-hybridized carbons (Fsp3) is 0.900. The highest BCUT2D eigenvalue weighted by Gasteiger charge is 2.34.